The molecular formula is C18H23NO2. The van der Waals surface area contributed by atoms with Crippen LogP contribution < -0.4 is 10.1 Å². The zero-order chi connectivity index (χ0) is 14.9. The van der Waals surface area contributed by atoms with Gasteiger partial charge in [-0.05, 0) is 31.7 Å². The second kappa shape index (κ2) is 8.45. The van der Waals surface area contributed by atoms with Crippen molar-refractivity contribution in [2.24, 2.45) is 0 Å². The molecule has 2 rings (SSSR count). The lowest BCUT2D eigenvalue weighted by atomic mass is 10.1. The highest BCUT2D eigenvalue weighted by Gasteiger charge is 2.08. The van der Waals surface area contributed by atoms with E-state index in [1.165, 1.54) is 11.1 Å². The summed E-state index contributed by atoms with van der Waals surface area (Å²) in [6.45, 7) is 3.88. The first kappa shape index (κ1) is 15.5. The minimum atomic E-state index is 0.210. The first-order chi connectivity index (χ1) is 10.3. The fraction of sp³-hybridized carbons (Fsp3) is 0.333. The summed E-state index contributed by atoms with van der Waals surface area (Å²) in [6, 6.07) is 18.5. The molecule has 21 heavy (non-hydrogen) atoms. The first-order valence-electron chi connectivity index (χ1n) is 7.29. The van der Waals surface area contributed by atoms with Gasteiger partial charge in [0.05, 0.1) is 19.3 Å². The van der Waals surface area contributed by atoms with E-state index in [2.05, 4.69) is 36.5 Å². The number of ether oxygens (including phenoxy) is 2. The smallest absolute Gasteiger partial charge is 0.119 e. The van der Waals surface area contributed by atoms with Crippen LogP contribution in [-0.2, 0) is 4.74 Å². The van der Waals surface area contributed by atoms with E-state index in [0.717, 1.165) is 5.75 Å². The summed E-state index contributed by atoms with van der Waals surface area (Å²) in [5.41, 5.74) is 2.51. The summed E-state index contributed by atoms with van der Waals surface area (Å²) in [5, 5.41) is 3.28. The minimum Gasteiger partial charge on any atom is -0.491 e. The van der Waals surface area contributed by atoms with Crippen molar-refractivity contribution in [2.75, 3.05) is 26.9 Å². The maximum Gasteiger partial charge on any atom is 0.119 e. The first-order valence-corrected chi connectivity index (χ1v) is 7.29. The lowest BCUT2D eigenvalue weighted by molar-refractivity contribution is 0.0848. The highest BCUT2D eigenvalue weighted by Crippen LogP contribution is 2.14. The van der Waals surface area contributed by atoms with E-state index in [-0.39, 0.29) is 6.04 Å². The van der Waals surface area contributed by atoms with Gasteiger partial charge in [0.2, 0.25) is 0 Å². The molecule has 0 aliphatic carbocycles. The minimum absolute atomic E-state index is 0.210. The van der Waals surface area contributed by atoms with Gasteiger partial charge in [-0.2, -0.15) is 0 Å². The Bertz CT molecular complexity index is 511. The molecule has 0 radical (unpaired) electrons. The highest BCUT2D eigenvalue weighted by molar-refractivity contribution is 5.24. The monoisotopic (exact) mass is 285 g/mol. The van der Waals surface area contributed by atoms with E-state index >= 15 is 0 Å². The number of rotatable bonds is 8. The van der Waals surface area contributed by atoms with Crippen LogP contribution in [0.1, 0.15) is 17.2 Å². The molecule has 0 bridgehead atoms. The van der Waals surface area contributed by atoms with Gasteiger partial charge in [-0.25, -0.2) is 0 Å². The molecule has 0 saturated carbocycles. The van der Waals surface area contributed by atoms with Crippen LogP contribution in [0.4, 0.5) is 0 Å². The third-order valence-corrected chi connectivity index (χ3v) is 3.35. The summed E-state index contributed by atoms with van der Waals surface area (Å²) < 4.78 is 11.3. The highest BCUT2D eigenvalue weighted by atomic mass is 16.5. The molecule has 0 spiro atoms. The molecule has 1 N–H and O–H groups in total. The molecule has 112 valence electrons. The Balaban J connectivity index is 1.70. The molecule has 0 fully saturated rings. The molecule has 0 aliphatic heterocycles. The lowest BCUT2D eigenvalue weighted by Gasteiger charge is -2.17. The van der Waals surface area contributed by atoms with Crippen LogP contribution >= 0.6 is 0 Å². The number of nitrogens with one attached hydrogen (secondary N) is 1. The van der Waals surface area contributed by atoms with Crippen LogP contribution in [0.25, 0.3) is 0 Å². The molecule has 0 aromatic heterocycles. The van der Waals surface area contributed by atoms with Gasteiger partial charge < -0.3 is 14.8 Å². The molecule has 0 amide bonds. The Morgan fingerprint density at radius 1 is 0.952 bits per heavy atom. The van der Waals surface area contributed by atoms with Gasteiger partial charge in [-0.15, -0.1) is 0 Å². The fourth-order valence-electron chi connectivity index (χ4n) is 2.08. The molecule has 0 saturated heterocycles. The topological polar surface area (TPSA) is 30.5 Å². The molecule has 0 aliphatic rings. The molecule has 2 aromatic carbocycles. The summed E-state index contributed by atoms with van der Waals surface area (Å²) in [4.78, 5) is 0. The van der Waals surface area contributed by atoms with E-state index < -0.39 is 0 Å². The van der Waals surface area contributed by atoms with Gasteiger partial charge in [0.25, 0.3) is 0 Å². The van der Waals surface area contributed by atoms with Crippen LogP contribution in [0.2, 0.25) is 0 Å². The van der Waals surface area contributed by atoms with E-state index in [0.29, 0.717) is 19.8 Å². The van der Waals surface area contributed by atoms with Gasteiger partial charge in [-0.1, -0.05) is 48.0 Å². The molecular weight excluding hydrogens is 262 g/mol. The largest absolute Gasteiger partial charge is 0.491 e. The van der Waals surface area contributed by atoms with Gasteiger partial charge >= 0.3 is 0 Å². The molecule has 1 unspecified atom stereocenters. The predicted octanol–water partition coefficient (Wildman–Crippen LogP) is 3.35. The van der Waals surface area contributed by atoms with Crippen molar-refractivity contribution in [3.8, 4) is 5.75 Å². The van der Waals surface area contributed by atoms with Gasteiger partial charge in [-0.3, -0.25) is 0 Å². The van der Waals surface area contributed by atoms with Crippen molar-refractivity contribution >= 4 is 0 Å². The van der Waals surface area contributed by atoms with Crippen molar-refractivity contribution in [3.05, 3.63) is 65.7 Å². The molecule has 2 aromatic rings. The fourth-order valence-corrected chi connectivity index (χ4v) is 2.08. The molecule has 3 heteroatoms. The number of benzene rings is 2. The van der Waals surface area contributed by atoms with Crippen molar-refractivity contribution in [2.45, 2.75) is 13.0 Å². The maximum atomic E-state index is 5.71. The average molecular weight is 285 g/mol. The van der Waals surface area contributed by atoms with Crippen LogP contribution in [0.5, 0.6) is 5.75 Å². The Labute approximate surface area is 126 Å². The van der Waals surface area contributed by atoms with Crippen LogP contribution in [-0.4, -0.2) is 26.9 Å². The quantitative estimate of drug-likeness (QED) is 0.755. The molecule has 3 nitrogen and oxygen atoms in total. The normalized spacial score (nSPS) is 12.1. The van der Waals surface area contributed by atoms with E-state index in [1.807, 2.05) is 37.4 Å². The number of likely N-dealkylation sites (N-methyl/N-ethyl adjacent to an activating group) is 1. The number of para-hydroxylation sites is 1. The average Bonchev–Trinajstić information content (AvgIpc) is 2.53. The third-order valence-electron chi connectivity index (χ3n) is 3.35. The molecule has 0 heterocycles. The van der Waals surface area contributed by atoms with E-state index in [1.54, 1.807) is 0 Å². The number of aryl methyl sites for hydroxylation is 1. The SMILES string of the molecule is CNC(COCCOc1ccccc1)c1ccc(C)cc1. The number of hydrogen-bond acceptors (Lipinski definition) is 3. The van der Waals surface area contributed by atoms with Gasteiger partial charge in [0, 0.05) is 0 Å². The third kappa shape index (κ3) is 5.21. The lowest BCUT2D eigenvalue weighted by Crippen LogP contribution is -2.23. The second-order valence-corrected chi connectivity index (χ2v) is 4.99. The zero-order valence-corrected chi connectivity index (χ0v) is 12.7. The second-order valence-electron chi connectivity index (χ2n) is 4.99. The molecule has 1 atom stereocenters. The number of hydrogen-bond donors (Lipinski definition) is 1. The predicted molar refractivity (Wildman–Crippen MR) is 85.7 cm³/mol. The van der Waals surface area contributed by atoms with Crippen molar-refractivity contribution in [1.82, 2.24) is 5.32 Å². The summed E-state index contributed by atoms with van der Waals surface area (Å²) in [6.07, 6.45) is 0. The summed E-state index contributed by atoms with van der Waals surface area (Å²) in [7, 11) is 1.95. The Morgan fingerprint density at radius 2 is 1.67 bits per heavy atom. The summed E-state index contributed by atoms with van der Waals surface area (Å²) >= 11 is 0. The van der Waals surface area contributed by atoms with Gasteiger partial charge in [0.15, 0.2) is 0 Å². The van der Waals surface area contributed by atoms with Crippen molar-refractivity contribution in [1.29, 1.82) is 0 Å². The van der Waals surface area contributed by atoms with Gasteiger partial charge in [0.1, 0.15) is 12.4 Å². The van der Waals surface area contributed by atoms with Crippen LogP contribution in [0, 0.1) is 6.92 Å². The van der Waals surface area contributed by atoms with Crippen LogP contribution in [0.15, 0.2) is 54.6 Å². The van der Waals surface area contributed by atoms with E-state index in [4.69, 9.17) is 9.47 Å². The Kier molecular flexibility index (Phi) is 6.25. The standard InChI is InChI=1S/C18H23NO2/c1-15-8-10-16(11-9-15)18(19-2)14-20-12-13-21-17-6-4-3-5-7-17/h3-11,18-19H,12-14H2,1-2H3. The van der Waals surface area contributed by atoms with Crippen molar-refractivity contribution in [3.63, 3.8) is 0 Å². The Morgan fingerprint density at radius 3 is 2.33 bits per heavy atom. The zero-order valence-electron chi connectivity index (χ0n) is 12.7. The summed E-state index contributed by atoms with van der Waals surface area (Å²) in [5.74, 6) is 0.879. The maximum absolute atomic E-state index is 5.71. The van der Waals surface area contributed by atoms with Crippen LogP contribution in [0.3, 0.4) is 0 Å². The van der Waals surface area contributed by atoms with Crippen molar-refractivity contribution < 1.29 is 9.47 Å². The Hall–Kier alpha value is -1.84. The van der Waals surface area contributed by atoms with E-state index in [9.17, 15) is 0 Å².